The molecule has 3 heterocycles. The summed E-state index contributed by atoms with van der Waals surface area (Å²) < 4.78 is 6.73. The van der Waals surface area contributed by atoms with Gasteiger partial charge < -0.3 is 15.0 Å². The number of aromatic nitrogens is 2. The van der Waals surface area contributed by atoms with Gasteiger partial charge in [0, 0.05) is 31.2 Å². The number of ether oxygens (including phenoxy) is 1. The van der Waals surface area contributed by atoms with E-state index in [4.69, 9.17) is 9.72 Å². The van der Waals surface area contributed by atoms with Gasteiger partial charge in [-0.2, -0.15) is 0 Å². The SMILES string of the molecule is CCOc1ccc2nc(N3CCC[C@@H](C(=O)Nc4ccc(Cc5ccncc5)cc4)C3)sc2c1. The molecular formula is C27H28N4O2S. The normalized spacial score (nSPS) is 15.9. The van der Waals surface area contributed by atoms with Crippen molar-refractivity contribution < 1.29 is 9.53 Å². The molecule has 0 radical (unpaired) electrons. The number of nitrogens with one attached hydrogen (secondary N) is 1. The van der Waals surface area contributed by atoms with Gasteiger partial charge in [-0.05, 0) is 79.8 Å². The molecule has 2 aromatic carbocycles. The number of carbonyl (C=O) groups excluding carboxylic acids is 1. The number of benzene rings is 2. The zero-order chi connectivity index (χ0) is 23.3. The molecule has 2 aromatic heterocycles. The van der Waals surface area contributed by atoms with Crippen LogP contribution in [0.1, 0.15) is 30.9 Å². The monoisotopic (exact) mass is 472 g/mol. The maximum atomic E-state index is 13.0. The molecule has 174 valence electrons. The molecule has 1 aliphatic rings. The van der Waals surface area contributed by atoms with Gasteiger partial charge in [0.15, 0.2) is 5.13 Å². The van der Waals surface area contributed by atoms with E-state index >= 15 is 0 Å². The lowest BCUT2D eigenvalue weighted by Crippen LogP contribution is -2.40. The molecule has 1 amide bonds. The van der Waals surface area contributed by atoms with Crippen molar-refractivity contribution >= 4 is 38.3 Å². The van der Waals surface area contributed by atoms with Crippen LogP contribution in [-0.2, 0) is 11.2 Å². The van der Waals surface area contributed by atoms with E-state index in [1.54, 1.807) is 11.3 Å². The number of thiazole rings is 1. The van der Waals surface area contributed by atoms with Gasteiger partial charge in [0.2, 0.25) is 5.91 Å². The molecule has 1 saturated heterocycles. The van der Waals surface area contributed by atoms with Gasteiger partial charge in [0.25, 0.3) is 0 Å². The van der Waals surface area contributed by atoms with Crippen molar-refractivity contribution in [3.8, 4) is 5.75 Å². The van der Waals surface area contributed by atoms with Gasteiger partial charge in [-0.1, -0.05) is 23.5 Å². The van der Waals surface area contributed by atoms with Crippen LogP contribution in [0.25, 0.3) is 10.2 Å². The largest absolute Gasteiger partial charge is 0.494 e. The third kappa shape index (κ3) is 5.20. The molecule has 0 bridgehead atoms. The number of carbonyl (C=O) groups is 1. The first-order valence-corrected chi connectivity index (χ1v) is 12.6. The van der Waals surface area contributed by atoms with Gasteiger partial charge in [0.1, 0.15) is 5.75 Å². The van der Waals surface area contributed by atoms with E-state index < -0.39 is 0 Å². The minimum absolute atomic E-state index is 0.0590. The van der Waals surface area contributed by atoms with Crippen LogP contribution in [0, 0.1) is 5.92 Å². The van der Waals surface area contributed by atoms with Crippen LogP contribution in [-0.4, -0.2) is 35.6 Å². The minimum Gasteiger partial charge on any atom is -0.494 e. The Bertz CT molecular complexity index is 1260. The highest BCUT2D eigenvalue weighted by Gasteiger charge is 2.27. The van der Waals surface area contributed by atoms with Gasteiger partial charge in [-0.25, -0.2) is 4.98 Å². The number of piperidine rings is 1. The summed E-state index contributed by atoms with van der Waals surface area (Å²) in [6.07, 6.45) is 6.33. The Morgan fingerprint density at radius 3 is 2.71 bits per heavy atom. The average molecular weight is 473 g/mol. The third-order valence-corrected chi connectivity index (χ3v) is 7.18. The van der Waals surface area contributed by atoms with Crippen molar-refractivity contribution in [2.45, 2.75) is 26.2 Å². The Kier molecular flexibility index (Phi) is 6.72. The zero-order valence-corrected chi connectivity index (χ0v) is 20.1. The van der Waals surface area contributed by atoms with Crippen LogP contribution < -0.4 is 15.0 Å². The first kappa shape index (κ1) is 22.3. The molecule has 1 atom stereocenters. The van der Waals surface area contributed by atoms with Crippen molar-refractivity contribution in [1.29, 1.82) is 0 Å². The molecule has 1 aliphatic heterocycles. The second kappa shape index (κ2) is 10.2. The Morgan fingerprint density at radius 2 is 1.91 bits per heavy atom. The molecular weight excluding hydrogens is 444 g/mol. The molecule has 6 nitrogen and oxygen atoms in total. The Labute approximate surface area is 203 Å². The highest BCUT2D eigenvalue weighted by Crippen LogP contribution is 2.33. The number of hydrogen-bond acceptors (Lipinski definition) is 6. The smallest absolute Gasteiger partial charge is 0.229 e. The molecule has 1 fully saturated rings. The maximum absolute atomic E-state index is 13.0. The van der Waals surface area contributed by atoms with Crippen molar-refractivity contribution in [1.82, 2.24) is 9.97 Å². The fraction of sp³-hybridized carbons (Fsp3) is 0.296. The second-order valence-electron chi connectivity index (χ2n) is 8.56. The topological polar surface area (TPSA) is 67.3 Å². The van der Waals surface area contributed by atoms with E-state index in [9.17, 15) is 4.79 Å². The molecule has 0 spiro atoms. The van der Waals surface area contributed by atoms with E-state index in [-0.39, 0.29) is 11.8 Å². The summed E-state index contributed by atoms with van der Waals surface area (Å²) in [5.74, 6) is 0.885. The van der Waals surface area contributed by atoms with E-state index in [2.05, 4.69) is 27.3 Å². The van der Waals surface area contributed by atoms with E-state index in [1.807, 2.05) is 61.8 Å². The summed E-state index contributed by atoms with van der Waals surface area (Å²) in [7, 11) is 0. The number of fused-ring (bicyclic) bond motifs is 1. The van der Waals surface area contributed by atoms with Crippen LogP contribution in [0.4, 0.5) is 10.8 Å². The van der Waals surface area contributed by atoms with E-state index in [0.29, 0.717) is 13.2 Å². The Hall–Kier alpha value is -3.45. The molecule has 4 aromatic rings. The molecule has 0 saturated carbocycles. The average Bonchev–Trinajstić information content (AvgIpc) is 3.30. The number of nitrogens with zero attached hydrogens (tertiary/aromatic N) is 3. The summed E-state index contributed by atoms with van der Waals surface area (Å²) in [4.78, 5) is 24.2. The molecule has 34 heavy (non-hydrogen) atoms. The van der Waals surface area contributed by atoms with Crippen LogP contribution >= 0.6 is 11.3 Å². The predicted molar refractivity (Wildman–Crippen MR) is 138 cm³/mol. The van der Waals surface area contributed by atoms with Crippen molar-refractivity contribution in [2.75, 3.05) is 29.9 Å². The predicted octanol–water partition coefficient (Wildman–Crippen LogP) is 5.54. The summed E-state index contributed by atoms with van der Waals surface area (Å²) in [6.45, 7) is 4.24. The lowest BCUT2D eigenvalue weighted by atomic mass is 9.97. The highest BCUT2D eigenvalue weighted by atomic mass is 32.1. The summed E-state index contributed by atoms with van der Waals surface area (Å²) in [6, 6.07) is 18.2. The fourth-order valence-corrected chi connectivity index (χ4v) is 5.36. The van der Waals surface area contributed by atoms with E-state index in [1.165, 1.54) is 11.1 Å². The van der Waals surface area contributed by atoms with Gasteiger partial charge in [-0.3, -0.25) is 9.78 Å². The molecule has 7 heteroatoms. The van der Waals surface area contributed by atoms with Gasteiger partial charge in [0.05, 0.1) is 22.7 Å². The van der Waals surface area contributed by atoms with E-state index in [0.717, 1.165) is 52.6 Å². The first-order valence-electron chi connectivity index (χ1n) is 11.7. The number of amides is 1. The Balaban J connectivity index is 1.21. The number of anilines is 2. The quantitative estimate of drug-likeness (QED) is 0.383. The van der Waals surface area contributed by atoms with Crippen LogP contribution in [0.3, 0.4) is 0 Å². The Morgan fingerprint density at radius 1 is 1.12 bits per heavy atom. The lowest BCUT2D eigenvalue weighted by Gasteiger charge is -2.31. The summed E-state index contributed by atoms with van der Waals surface area (Å²) in [5, 5.41) is 4.09. The molecule has 0 unspecified atom stereocenters. The molecule has 1 N–H and O–H groups in total. The van der Waals surface area contributed by atoms with Gasteiger partial charge >= 0.3 is 0 Å². The molecule has 5 rings (SSSR count). The first-order chi connectivity index (χ1) is 16.7. The van der Waals surface area contributed by atoms with Crippen LogP contribution in [0.5, 0.6) is 5.75 Å². The number of pyridine rings is 1. The fourth-order valence-electron chi connectivity index (χ4n) is 4.34. The lowest BCUT2D eigenvalue weighted by molar-refractivity contribution is -0.120. The summed E-state index contributed by atoms with van der Waals surface area (Å²) in [5.41, 5.74) is 4.24. The molecule has 0 aliphatic carbocycles. The standard InChI is InChI=1S/C27H28N4O2S/c1-2-33-23-9-10-24-25(17-23)34-27(30-24)31-15-3-4-21(18-31)26(32)29-22-7-5-19(6-8-22)16-20-11-13-28-14-12-20/h5-14,17,21H,2-4,15-16,18H2,1H3,(H,29,32)/t21-/m1/s1. The highest BCUT2D eigenvalue weighted by molar-refractivity contribution is 7.22. The van der Waals surface area contributed by atoms with Crippen LogP contribution in [0.2, 0.25) is 0 Å². The van der Waals surface area contributed by atoms with Crippen molar-refractivity contribution in [3.05, 3.63) is 78.1 Å². The van der Waals surface area contributed by atoms with Crippen molar-refractivity contribution in [3.63, 3.8) is 0 Å². The van der Waals surface area contributed by atoms with Crippen LogP contribution in [0.15, 0.2) is 67.0 Å². The second-order valence-corrected chi connectivity index (χ2v) is 9.57. The third-order valence-electron chi connectivity index (χ3n) is 6.10. The zero-order valence-electron chi connectivity index (χ0n) is 19.2. The number of hydrogen-bond donors (Lipinski definition) is 1. The van der Waals surface area contributed by atoms with Crippen molar-refractivity contribution in [2.24, 2.45) is 5.92 Å². The maximum Gasteiger partial charge on any atom is 0.229 e. The number of rotatable bonds is 7. The summed E-state index contributed by atoms with van der Waals surface area (Å²) >= 11 is 1.66. The van der Waals surface area contributed by atoms with Gasteiger partial charge in [-0.15, -0.1) is 0 Å². The minimum atomic E-state index is -0.0590.